The van der Waals surface area contributed by atoms with Crippen LogP contribution >= 0.6 is 0 Å². The van der Waals surface area contributed by atoms with Gasteiger partial charge in [-0.05, 0) is 89.9 Å². The maximum absolute atomic E-state index is 12.7. The number of unbranched alkanes of at least 4 members (excludes halogenated alkanes) is 23. The molecule has 0 radical (unpaired) electrons. The van der Waals surface area contributed by atoms with Gasteiger partial charge in [0.25, 0.3) is 0 Å². The van der Waals surface area contributed by atoms with Crippen LogP contribution in [-0.2, 0) is 23.8 Å². The fraction of sp³-hybridized carbons (Fsp3) is 0.745. The molecule has 0 amide bonds. The van der Waals surface area contributed by atoms with Crippen molar-refractivity contribution in [3.63, 3.8) is 0 Å². The lowest BCUT2D eigenvalue weighted by Crippen LogP contribution is -2.30. The van der Waals surface area contributed by atoms with E-state index in [1.165, 1.54) is 122 Å². The highest BCUT2D eigenvalue weighted by atomic mass is 16.6. The second-order valence-corrected chi connectivity index (χ2v) is 16.7. The van der Waals surface area contributed by atoms with Crippen molar-refractivity contribution in [2.24, 2.45) is 0 Å². The maximum atomic E-state index is 12.7. The zero-order chi connectivity index (χ0) is 43.5. The first-order valence-corrected chi connectivity index (χ1v) is 25.5. The Balaban J connectivity index is 4.22. The van der Waals surface area contributed by atoms with Crippen molar-refractivity contribution in [2.75, 3.05) is 19.8 Å². The molecule has 0 aliphatic rings. The number of hydrogen-bond donors (Lipinski definition) is 0. The lowest BCUT2D eigenvalue weighted by Gasteiger charge is -2.18. The van der Waals surface area contributed by atoms with E-state index in [0.717, 1.165) is 83.5 Å². The molecule has 0 saturated heterocycles. The Morgan fingerprint density at radius 3 is 1.23 bits per heavy atom. The summed E-state index contributed by atoms with van der Waals surface area (Å²) in [6.45, 7) is 7.64. The van der Waals surface area contributed by atoms with Crippen LogP contribution in [0.25, 0.3) is 0 Å². The summed E-state index contributed by atoms with van der Waals surface area (Å²) in [5.41, 5.74) is 0. The highest BCUT2D eigenvalue weighted by Crippen LogP contribution is 2.14. The highest BCUT2D eigenvalue weighted by Gasteiger charge is 2.17. The fourth-order valence-corrected chi connectivity index (χ4v) is 6.94. The number of ether oxygens (including phenoxy) is 3. The van der Waals surface area contributed by atoms with Gasteiger partial charge in [0, 0.05) is 19.4 Å². The summed E-state index contributed by atoms with van der Waals surface area (Å²) in [4.78, 5) is 25.3. The average molecular weight is 837 g/mol. The fourth-order valence-electron chi connectivity index (χ4n) is 6.94. The SMILES string of the molecule is CC/C=C\C/C=C\C/C=C\C/C=C\CCCCCCCCCOCC(COC(=O)CCCCCCC/C=C\C/C=C\CCCCC)OC(=O)CCCCCCCCCCC. The Morgan fingerprint density at radius 1 is 0.383 bits per heavy atom. The molecular formula is C55H96O5. The minimum absolute atomic E-state index is 0.0729. The third-order valence-electron chi connectivity index (χ3n) is 10.7. The maximum Gasteiger partial charge on any atom is 0.306 e. The van der Waals surface area contributed by atoms with Crippen LogP contribution in [0.1, 0.15) is 239 Å². The first-order valence-electron chi connectivity index (χ1n) is 25.5. The topological polar surface area (TPSA) is 61.8 Å². The smallest absolute Gasteiger partial charge is 0.306 e. The molecule has 5 heteroatoms. The molecule has 0 fully saturated rings. The zero-order valence-electron chi connectivity index (χ0n) is 39.7. The van der Waals surface area contributed by atoms with Gasteiger partial charge in [-0.15, -0.1) is 0 Å². The Kier molecular flexibility index (Phi) is 48.4. The first kappa shape index (κ1) is 57.3. The molecule has 60 heavy (non-hydrogen) atoms. The zero-order valence-corrected chi connectivity index (χ0v) is 39.7. The molecule has 0 heterocycles. The van der Waals surface area contributed by atoms with Gasteiger partial charge < -0.3 is 14.2 Å². The molecule has 0 aromatic carbocycles. The summed E-state index contributed by atoms with van der Waals surface area (Å²) in [5.74, 6) is -0.419. The number of allylic oxidation sites excluding steroid dienone is 12. The molecule has 5 nitrogen and oxygen atoms in total. The quantitative estimate of drug-likeness (QED) is 0.0347. The molecule has 1 atom stereocenters. The molecule has 0 aliphatic carbocycles. The molecule has 0 rings (SSSR count). The van der Waals surface area contributed by atoms with Crippen LogP contribution < -0.4 is 0 Å². The van der Waals surface area contributed by atoms with Gasteiger partial charge in [-0.1, -0.05) is 209 Å². The molecule has 0 saturated carbocycles. The van der Waals surface area contributed by atoms with Crippen molar-refractivity contribution in [1.82, 2.24) is 0 Å². The number of esters is 2. The summed E-state index contributed by atoms with van der Waals surface area (Å²) in [6.07, 6.45) is 64.8. The minimum Gasteiger partial charge on any atom is -0.462 e. The molecule has 0 aromatic rings. The van der Waals surface area contributed by atoms with Crippen molar-refractivity contribution >= 4 is 11.9 Å². The number of rotatable bonds is 46. The van der Waals surface area contributed by atoms with E-state index in [-0.39, 0.29) is 25.2 Å². The van der Waals surface area contributed by atoms with Gasteiger partial charge in [0.2, 0.25) is 0 Å². The largest absolute Gasteiger partial charge is 0.462 e. The predicted octanol–water partition coefficient (Wildman–Crippen LogP) is 17.1. The Bertz CT molecular complexity index is 1080. The van der Waals surface area contributed by atoms with Gasteiger partial charge in [0.15, 0.2) is 6.10 Å². The van der Waals surface area contributed by atoms with E-state index in [1.807, 2.05) is 0 Å². The monoisotopic (exact) mass is 837 g/mol. The molecular weight excluding hydrogens is 741 g/mol. The van der Waals surface area contributed by atoms with Crippen molar-refractivity contribution in [2.45, 2.75) is 245 Å². The number of carbonyl (C=O) groups excluding carboxylic acids is 2. The predicted molar refractivity (Wildman–Crippen MR) is 260 cm³/mol. The van der Waals surface area contributed by atoms with E-state index < -0.39 is 6.10 Å². The Labute approximate surface area is 372 Å². The number of hydrogen-bond acceptors (Lipinski definition) is 5. The van der Waals surface area contributed by atoms with Crippen LogP contribution in [0, 0.1) is 0 Å². The van der Waals surface area contributed by atoms with E-state index in [9.17, 15) is 9.59 Å². The van der Waals surface area contributed by atoms with Gasteiger partial charge in [0.1, 0.15) is 6.61 Å². The molecule has 1 unspecified atom stereocenters. The van der Waals surface area contributed by atoms with Gasteiger partial charge in [0.05, 0.1) is 6.61 Å². The summed E-state index contributed by atoms with van der Waals surface area (Å²) >= 11 is 0. The second kappa shape index (κ2) is 50.7. The summed E-state index contributed by atoms with van der Waals surface area (Å²) < 4.78 is 17.3. The lowest BCUT2D eigenvalue weighted by atomic mass is 10.1. The highest BCUT2D eigenvalue weighted by molar-refractivity contribution is 5.70. The van der Waals surface area contributed by atoms with Crippen molar-refractivity contribution in [1.29, 1.82) is 0 Å². The van der Waals surface area contributed by atoms with Crippen LogP contribution in [0.3, 0.4) is 0 Å². The van der Waals surface area contributed by atoms with E-state index in [2.05, 4.69) is 93.7 Å². The molecule has 0 spiro atoms. The van der Waals surface area contributed by atoms with Gasteiger partial charge >= 0.3 is 11.9 Å². The van der Waals surface area contributed by atoms with Crippen LogP contribution in [-0.4, -0.2) is 37.9 Å². The normalized spacial score (nSPS) is 12.8. The molecule has 0 bridgehead atoms. The molecule has 346 valence electrons. The molecule has 0 aromatic heterocycles. The van der Waals surface area contributed by atoms with Crippen LogP contribution in [0.2, 0.25) is 0 Å². The summed E-state index contributed by atoms with van der Waals surface area (Å²) in [7, 11) is 0. The lowest BCUT2D eigenvalue weighted by molar-refractivity contribution is -0.163. The van der Waals surface area contributed by atoms with Crippen LogP contribution in [0.15, 0.2) is 72.9 Å². The van der Waals surface area contributed by atoms with Gasteiger partial charge in [-0.25, -0.2) is 0 Å². The van der Waals surface area contributed by atoms with Crippen molar-refractivity contribution in [3.8, 4) is 0 Å². The average Bonchev–Trinajstić information content (AvgIpc) is 3.25. The van der Waals surface area contributed by atoms with E-state index in [4.69, 9.17) is 14.2 Å². The van der Waals surface area contributed by atoms with Crippen LogP contribution in [0.4, 0.5) is 0 Å². The second-order valence-electron chi connectivity index (χ2n) is 16.7. The van der Waals surface area contributed by atoms with E-state index in [1.54, 1.807) is 0 Å². The van der Waals surface area contributed by atoms with Crippen LogP contribution in [0.5, 0.6) is 0 Å². The summed E-state index contributed by atoms with van der Waals surface area (Å²) in [5, 5.41) is 0. The molecule has 0 aliphatic heterocycles. The van der Waals surface area contributed by atoms with Crippen molar-refractivity contribution < 1.29 is 23.8 Å². The van der Waals surface area contributed by atoms with E-state index >= 15 is 0 Å². The molecule has 0 N–H and O–H groups in total. The summed E-state index contributed by atoms with van der Waals surface area (Å²) in [6, 6.07) is 0. The standard InChI is InChI=1S/C55H96O5/c1-4-7-10-13-16-19-21-23-25-26-27-28-29-31-33-35-38-41-44-47-50-58-51-53(60-55(57)49-46-43-40-36-18-15-12-9-6-3)52-59-54(56)48-45-42-39-37-34-32-30-24-22-20-17-14-11-8-5-2/h7,10,16-17,19-20,23-25,27-28,30,53H,4-6,8-9,11-15,18,21-22,26,29,31-52H2,1-3H3/b10-7-,19-16-,20-17-,25-23-,28-27-,30-24-. The third kappa shape index (κ3) is 48.0. The first-order chi connectivity index (χ1) is 29.6. The van der Waals surface area contributed by atoms with E-state index in [0.29, 0.717) is 19.4 Å². The Hall–Kier alpha value is -2.66. The van der Waals surface area contributed by atoms with Gasteiger partial charge in [-0.3, -0.25) is 9.59 Å². The van der Waals surface area contributed by atoms with Crippen molar-refractivity contribution in [3.05, 3.63) is 72.9 Å². The minimum atomic E-state index is -0.546. The van der Waals surface area contributed by atoms with Gasteiger partial charge in [-0.2, -0.15) is 0 Å². The third-order valence-corrected chi connectivity index (χ3v) is 10.7. The Morgan fingerprint density at radius 2 is 0.750 bits per heavy atom. The number of carbonyl (C=O) groups is 2.